The van der Waals surface area contributed by atoms with Crippen molar-refractivity contribution in [1.29, 1.82) is 0 Å². The van der Waals surface area contributed by atoms with Crippen LogP contribution in [-0.4, -0.2) is 35.3 Å². The number of ether oxygens (including phenoxy) is 2. The zero-order chi connectivity index (χ0) is 15.3. The molecule has 3 atom stereocenters. The first-order chi connectivity index (χ1) is 9.82. The Morgan fingerprint density at radius 2 is 2.00 bits per heavy atom. The molecule has 0 saturated carbocycles. The monoisotopic (exact) mass is 289 g/mol. The standard InChI is InChI=1S/C17H23NO3/c1-12-10-17(13-8-6-5-7-9-13)14(20-17)11-18(12)15(19)21-16(2,3)4/h5-9,12,14H,10-11H2,1-4H3/t12-,14-,17+/m1/s1. The number of hydrogen-bond donors (Lipinski definition) is 0. The molecule has 0 unspecified atom stereocenters. The fourth-order valence-electron chi connectivity index (χ4n) is 3.16. The highest BCUT2D eigenvalue weighted by Crippen LogP contribution is 2.53. The molecule has 0 radical (unpaired) electrons. The van der Waals surface area contributed by atoms with Crippen molar-refractivity contribution in [3.8, 4) is 0 Å². The van der Waals surface area contributed by atoms with E-state index in [2.05, 4.69) is 19.1 Å². The molecule has 2 aliphatic heterocycles. The van der Waals surface area contributed by atoms with Gasteiger partial charge in [-0.05, 0) is 33.3 Å². The number of benzene rings is 1. The molecule has 0 spiro atoms. The highest BCUT2D eigenvalue weighted by molar-refractivity contribution is 5.69. The normalized spacial score (nSPS) is 31.5. The third-order valence-electron chi connectivity index (χ3n) is 4.20. The van der Waals surface area contributed by atoms with Crippen LogP contribution in [-0.2, 0) is 15.1 Å². The molecule has 4 nitrogen and oxygen atoms in total. The maximum atomic E-state index is 12.3. The first-order valence-corrected chi connectivity index (χ1v) is 7.55. The molecule has 114 valence electrons. The summed E-state index contributed by atoms with van der Waals surface area (Å²) in [6, 6.07) is 10.4. The van der Waals surface area contributed by atoms with Gasteiger partial charge in [-0.15, -0.1) is 0 Å². The van der Waals surface area contributed by atoms with Gasteiger partial charge >= 0.3 is 6.09 Å². The lowest BCUT2D eigenvalue weighted by Gasteiger charge is -2.36. The Hall–Kier alpha value is -1.55. The van der Waals surface area contributed by atoms with Gasteiger partial charge in [0, 0.05) is 12.5 Å². The summed E-state index contributed by atoms with van der Waals surface area (Å²) in [6.07, 6.45) is 0.664. The number of epoxide rings is 1. The van der Waals surface area contributed by atoms with Crippen LogP contribution < -0.4 is 0 Å². The largest absolute Gasteiger partial charge is 0.444 e. The average Bonchev–Trinajstić information content (AvgIpc) is 3.11. The summed E-state index contributed by atoms with van der Waals surface area (Å²) < 4.78 is 11.5. The van der Waals surface area contributed by atoms with Crippen LogP contribution in [0.25, 0.3) is 0 Å². The Balaban J connectivity index is 1.72. The summed E-state index contributed by atoms with van der Waals surface area (Å²) in [4.78, 5) is 14.1. The third kappa shape index (κ3) is 2.64. The van der Waals surface area contributed by atoms with E-state index in [-0.39, 0.29) is 23.8 Å². The minimum Gasteiger partial charge on any atom is -0.444 e. The van der Waals surface area contributed by atoms with E-state index in [0.717, 1.165) is 6.42 Å². The summed E-state index contributed by atoms with van der Waals surface area (Å²) in [5.41, 5.74) is 0.555. The number of piperidine rings is 1. The van der Waals surface area contributed by atoms with Gasteiger partial charge < -0.3 is 14.4 Å². The topological polar surface area (TPSA) is 42.1 Å². The van der Waals surface area contributed by atoms with Gasteiger partial charge in [-0.3, -0.25) is 0 Å². The molecule has 1 amide bonds. The smallest absolute Gasteiger partial charge is 0.410 e. The molecule has 3 rings (SSSR count). The SMILES string of the molecule is C[C@@H]1C[C@@]2(c3ccccc3)O[C@@H]2CN1C(=O)OC(C)(C)C. The molecular weight excluding hydrogens is 266 g/mol. The van der Waals surface area contributed by atoms with Crippen molar-refractivity contribution in [3.05, 3.63) is 35.9 Å². The van der Waals surface area contributed by atoms with Gasteiger partial charge in [-0.25, -0.2) is 4.79 Å². The van der Waals surface area contributed by atoms with Crippen molar-refractivity contribution < 1.29 is 14.3 Å². The summed E-state index contributed by atoms with van der Waals surface area (Å²) >= 11 is 0. The van der Waals surface area contributed by atoms with Crippen LogP contribution in [0.2, 0.25) is 0 Å². The van der Waals surface area contributed by atoms with Crippen LogP contribution >= 0.6 is 0 Å². The van der Waals surface area contributed by atoms with Gasteiger partial charge in [0.25, 0.3) is 0 Å². The molecule has 2 aliphatic rings. The van der Waals surface area contributed by atoms with Gasteiger partial charge in [-0.1, -0.05) is 30.3 Å². The molecule has 0 aromatic heterocycles. The second-order valence-corrected chi connectivity index (χ2v) is 7.05. The van der Waals surface area contributed by atoms with Gasteiger partial charge in [0.1, 0.15) is 17.3 Å². The minimum absolute atomic E-state index is 0.0867. The van der Waals surface area contributed by atoms with E-state index in [1.54, 1.807) is 4.90 Å². The van der Waals surface area contributed by atoms with Gasteiger partial charge in [-0.2, -0.15) is 0 Å². The van der Waals surface area contributed by atoms with E-state index in [9.17, 15) is 4.79 Å². The number of nitrogens with zero attached hydrogens (tertiary/aromatic N) is 1. The van der Waals surface area contributed by atoms with Crippen molar-refractivity contribution in [2.45, 2.75) is 57.5 Å². The van der Waals surface area contributed by atoms with Crippen LogP contribution in [0.1, 0.15) is 39.7 Å². The maximum absolute atomic E-state index is 12.3. The number of rotatable bonds is 1. The number of carbonyl (C=O) groups excluding carboxylic acids is 1. The first-order valence-electron chi connectivity index (χ1n) is 7.55. The van der Waals surface area contributed by atoms with E-state index in [1.165, 1.54) is 5.56 Å². The second kappa shape index (κ2) is 4.73. The number of hydrogen-bond acceptors (Lipinski definition) is 3. The molecule has 4 heteroatoms. The molecule has 2 fully saturated rings. The molecule has 0 bridgehead atoms. The maximum Gasteiger partial charge on any atom is 0.410 e. The summed E-state index contributed by atoms with van der Waals surface area (Å²) in [5.74, 6) is 0. The lowest BCUT2D eigenvalue weighted by molar-refractivity contribution is 0.0121. The molecule has 2 heterocycles. The second-order valence-electron chi connectivity index (χ2n) is 7.05. The highest BCUT2D eigenvalue weighted by atomic mass is 16.6. The summed E-state index contributed by atoms with van der Waals surface area (Å²) in [5, 5.41) is 0. The predicted molar refractivity (Wildman–Crippen MR) is 80.0 cm³/mol. The zero-order valence-electron chi connectivity index (χ0n) is 13.1. The van der Waals surface area contributed by atoms with Crippen LogP contribution in [0.15, 0.2) is 30.3 Å². The Morgan fingerprint density at radius 1 is 1.33 bits per heavy atom. The molecular formula is C17H23NO3. The Labute approximate surface area is 126 Å². The molecule has 1 aromatic rings. The molecule has 1 aromatic carbocycles. The van der Waals surface area contributed by atoms with Crippen LogP contribution in [0, 0.1) is 0 Å². The Bertz CT molecular complexity index is 537. The van der Waals surface area contributed by atoms with Crippen molar-refractivity contribution in [1.82, 2.24) is 4.90 Å². The first kappa shape index (κ1) is 14.4. The molecule has 0 aliphatic carbocycles. The lowest BCUT2D eigenvalue weighted by Crippen LogP contribution is -2.49. The highest BCUT2D eigenvalue weighted by Gasteiger charge is 2.62. The van der Waals surface area contributed by atoms with Crippen LogP contribution in [0.5, 0.6) is 0 Å². The Morgan fingerprint density at radius 3 is 2.62 bits per heavy atom. The van der Waals surface area contributed by atoms with Gasteiger partial charge in [0.15, 0.2) is 0 Å². The minimum atomic E-state index is -0.463. The van der Waals surface area contributed by atoms with E-state index in [1.807, 2.05) is 39.0 Å². The van der Waals surface area contributed by atoms with Crippen LogP contribution in [0.4, 0.5) is 4.79 Å². The molecule has 0 N–H and O–H groups in total. The molecule has 2 saturated heterocycles. The number of carbonyl (C=O) groups is 1. The van der Waals surface area contributed by atoms with E-state index < -0.39 is 5.60 Å². The average molecular weight is 289 g/mol. The van der Waals surface area contributed by atoms with E-state index in [4.69, 9.17) is 9.47 Å². The van der Waals surface area contributed by atoms with Crippen molar-refractivity contribution >= 4 is 6.09 Å². The number of fused-ring (bicyclic) bond motifs is 1. The quantitative estimate of drug-likeness (QED) is 0.745. The lowest BCUT2D eigenvalue weighted by atomic mass is 9.85. The number of likely N-dealkylation sites (tertiary alicyclic amines) is 1. The molecule has 21 heavy (non-hydrogen) atoms. The van der Waals surface area contributed by atoms with E-state index in [0.29, 0.717) is 6.54 Å². The van der Waals surface area contributed by atoms with Crippen LogP contribution in [0.3, 0.4) is 0 Å². The van der Waals surface area contributed by atoms with Crippen molar-refractivity contribution in [2.24, 2.45) is 0 Å². The fraction of sp³-hybridized carbons (Fsp3) is 0.588. The van der Waals surface area contributed by atoms with Crippen molar-refractivity contribution in [2.75, 3.05) is 6.54 Å². The number of amides is 1. The zero-order valence-corrected chi connectivity index (χ0v) is 13.1. The third-order valence-corrected chi connectivity index (χ3v) is 4.20. The summed E-state index contributed by atoms with van der Waals surface area (Å²) in [6.45, 7) is 8.34. The predicted octanol–water partition coefficient (Wildman–Crippen LogP) is 3.31. The summed E-state index contributed by atoms with van der Waals surface area (Å²) in [7, 11) is 0. The van der Waals surface area contributed by atoms with Gasteiger partial charge in [0.2, 0.25) is 0 Å². The fourth-order valence-corrected chi connectivity index (χ4v) is 3.16. The Kier molecular flexibility index (Phi) is 3.24. The van der Waals surface area contributed by atoms with E-state index >= 15 is 0 Å². The van der Waals surface area contributed by atoms with Crippen molar-refractivity contribution in [3.63, 3.8) is 0 Å². The van der Waals surface area contributed by atoms with Gasteiger partial charge in [0.05, 0.1) is 6.54 Å².